The number of imide groups is 1. The fourth-order valence-corrected chi connectivity index (χ4v) is 3.60. The molecule has 7 nitrogen and oxygen atoms in total. The molecule has 0 spiro atoms. The molecule has 0 saturated carbocycles. The summed E-state index contributed by atoms with van der Waals surface area (Å²) in [6.07, 6.45) is 1.48. The van der Waals surface area contributed by atoms with Gasteiger partial charge in [0.15, 0.2) is 5.75 Å². The molecular formula is C26H18N2O5. The van der Waals surface area contributed by atoms with Gasteiger partial charge in [-0.15, -0.1) is 0 Å². The minimum absolute atomic E-state index is 0.0328. The van der Waals surface area contributed by atoms with Crippen LogP contribution < -0.4 is 10.1 Å². The van der Waals surface area contributed by atoms with Crippen LogP contribution >= 0.6 is 0 Å². The summed E-state index contributed by atoms with van der Waals surface area (Å²) >= 11 is 0. The van der Waals surface area contributed by atoms with E-state index in [1.807, 2.05) is 30.3 Å². The average Bonchev–Trinajstić information content (AvgIpc) is 3.44. The van der Waals surface area contributed by atoms with Crippen LogP contribution in [0.25, 0.3) is 0 Å². The predicted octanol–water partition coefficient (Wildman–Crippen LogP) is 5.12. The van der Waals surface area contributed by atoms with Gasteiger partial charge in [-0.05, 0) is 54.6 Å². The molecule has 33 heavy (non-hydrogen) atoms. The van der Waals surface area contributed by atoms with Crippen LogP contribution in [0.3, 0.4) is 0 Å². The third kappa shape index (κ3) is 3.99. The first-order chi connectivity index (χ1) is 16.1. The molecule has 2 heterocycles. The van der Waals surface area contributed by atoms with E-state index in [-0.39, 0.29) is 23.2 Å². The Labute approximate surface area is 189 Å². The number of hydrogen-bond donors (Lipinski definition) is 1. The van der Waals surface area contributed by atoms with Crippen LogP contribution in [0.1, 0.15) is 36.8 Å². The molecule has 5 rings (SSSR count). The number of hydrogen-bond acceptors (Lipinski definition) is 5. The second-order valence-corrected chi connectivity index (χ2v) is 7.40. The monoisotopic (exact) mass is 438 g/mol. The van der Waals surface area contributed by atoms with E-state index in [2.05, 4.69) is 5.32 Å². The fraction of sp³-hybridized carbons (Fsp3) is 0.0385. The summed E-state index contributed by atoms with van der Waals surface area (Å²) in [4.78, 5) is 39.6. The van der Waals surface area contributed by atoms with E-state index in [1.165, 1.54) is 24.5 Å². The van der Waals surface area contributed by atoms with E-state index in [0.29, 0.717) is 22.9 Å². The first-order valence-corrected chi connectivity index (χ1v) is 10.3. The minimum atomic E-state index is -0.464. The number of nitrogens with zero attached hydrogens (tertiary/aromatic N) is 1. The summed E-state index contributed by atoms with van der Waals surface area (Å²) in [6, 6.07) is 24.1. The third-order valence-corrected chi connectivity index (χ3v) is 5.23. The molecule has 0 bridgehead atoms. The van der Waals surface area contributed by atoms with Crippen molar-refractivity contribution in [2.45, 2.75) is 6.54 Å². The number of ether oxygens (including phenoxy) is 1. The predicted molar refractivity (Wildman–Crippen MR) is 120 cm³/mol. The number of anilines is 1. The molecule has 3 aromatic carbocycles. The Bertz CT molecular complexity index is 1350. The zero-order valence-corrected chi connectivity index (χ0v) is 17.4. The van der Waals surface area contributed by atoms with Crippen molar-refractivity contribution in [2.24, 2.45) is 0 Å². The highest BCUT2D eigenvalue weighted by molar-refractivity contribution is 6.22. The molecule has 1 aromatic heterocycles. The Kier molecular flexibility index (Phi) is 5.20. The molecule has 162 valence electrons. The van der Waals surface area contributed by atoms with E-state index < -0.39 is 17.7 Å². The lowest BCUT2D eigenvalue weighted by Gasteiger charge is -2.12. The van der Waals surface area contributed by atoms with E-state index in [0.717, 1.165) is 4.90 Å². The largest absolute Gasteiger partial charge is 0.467 e. The molecular weight excluding hydrogens is 420 g/mol. The highest BCUT2D eigenvalue weighted by atomic mass is 16.5. The lowest BCUT2D eigenvalue weighted by Crippen LogP contribution is -2.28. The van der Waals surface area contributed by atoms with Gasteiger partial charge in [-0.25, -0.2) is 0 Å². The second kappa shape index (κ2) is 8.47. The van der Waals surface area contributed by atoms with Gasteiger partial charge in [0, 0.05) is 5.56 Å². The van der Waals surface area contributed by atoms with Gasteiger partial charge >= 0.3 is 0 Å². The van der Waals surface area contributed by atoms with Crippen LogP contribution in [-0.2, 0) is 6.54 Å². The van der Waals surface area contributed by atoms with Crippen LogP contribution in [0.15, 0.2) is 95.6 Å². The molecule has 0 atom stereocenters. The number of amides is 3. The Morgan fingerprint density at radius 1 is 0.848 bits per heavy atom. The Hall–Kier alpha value is -4.65. The molecule has 0 saturated heterocycles. The van der Waals surface area contributed by atoms with Crippen molar-refractivity contribution in [2.75, 3.05) is 5.32 Å². The molecule has 7 heteroatoms. The van der Waals surface area contributed by atoms with Crippen molar-refractivity contribution in [3.8, 4) is 11.5 Å². The van der Waals surface area contributed by atoms with Gasteiger partial charge in [0.05, 0.1) is 29.6 Å². The highest BCUT2D eigenvalue weighted by Crippen LogP contribution is 2.30. The Morgan fingerprint density at radius 3 is 2.39 bits per heavy atom. The second-order valence-electron chi connectivity index (χ2n) is 7.40. The average molecular weight is 438 g/mol. The van der Waals surface area contributed by atoms with Crippen LogP contribution in [0, 0.1) is 0 Å². The number of benzene rings is 3. The number of rotatable bonds is 6. The van der Waals surface area contributed by atoms with Crippen molar-refractivity contribution in [1.82, 2.24) is 4.90 Å². The normalized spacial score (nSPS) is 12.5. The third-order valence-electron chi connectivity index (χ3n) is 5.23. The summed E-state index contributed by atoms with van der Waals surface area (Å²) < 4.78 is 11.1. The van der Waals surface area contributed by atoms with Gasteiger partial charge in [-0.2, -0.15) is 0 Å². The van der Waals surface area contributed by atoms with Gasteiger partial charge in [0.1, 0.15) is 11.5 Å². The molecule has 0 fully saturated rings. The van der Waals surface area contributed by atoms with Gasteiger partial charge in [0.2, 0.25) is 0 Å². The fourth-order valence-electron chi connectivity index (χ4n) is 3.60. The number of para-hydroxylation sites is 3. The van der Waals surface area contributed by atoms with Gasteiger partial charge < -0.3 is 14.5 Å². The molecule has 0 radical (unpaired) electrons. The van der Waals surface area contributed by atoms with Crippen molar-refractivity contribution in [3.63, 3.8) is 0 Å². The lowest BCUT2D eigenvalue weighted by molar-refractivity contribution is 0.0631. The quantitative estimate of drug-likeness (QED) is 0.422. The lowest BCUT2D eigenvalue weighted by atomic mass is 10.1. The van der Waals surface area contributed by atoms with E-state index >= 15 is 0 Å². The topological polar surface area (TPSA) is 88.8 Å². The minimum Gasteiger partial charge on any atom is -0.467 e. The molecule has 4 aromatic rings. The maximum Gasteiger partial charge on any atom is 0.261 e. The van der Waals surface area contributed by atoms with Gasteiger partial charge in [0.25, 0.3) is 17.7 Å². The van der Waals surface area contributed by atoms with Crippen LogP contribution in [-0.4, -0.2) is 22.6 Å². The molecule has 0 unspecified atom stereocenters. The van der Waals surface area contributed by atoms with Crippen LogP contribution in [0.2, 0.25) is 0 Å². The Morgan fingerprint density at radius 2 is 1.61 bits per heavy atom. The standard InChI is InChI=1S/C26H18N2O5/c29-24(27-22-10-4-5-11-23(22)33-18-7-2-1-3-8-18)17-12-13-20-21(15-17)26(31)28(25(20)30)16-19-9-6-14-32-19/h1-15H,16H2,(H,27,29). The zero-order valence-electron chi connectivity index (χ0n) is 17.4. The van der Waals surface area contributed by atoms with Crippen molar-refractivity contribution in [1.29, 1.82) is 0 Å². The number of nitrogens with one attached hydrogen (secondary N) is 1. The molecule has 1 aliphatic rings. The molecule has 0 aliphatic carbocycles. The van der Waals surface area contributed by atoms with E-state index in [9.17, 15) is 14.4 Å². The smallest absolute Gasteiger partial charge is 0.261 e. The highest BCUT2D eigenvalue weighted by Gasteiger charge is 2.36. The maximum atomic E-state index is 13.0. The maximum absolute atomic E-state index is 13.0. The summed E-state index contributed by atoms with van der Waals surface area (Å²) in [5.74, 6) is 0.310. The van der Waals surface area contributed by atoms with Crippen molar-refractivity contribution < 1.29 is 23.5 Å². The van der Waals surface area contributed by atoms with Crippen LogP contribution in [0.4, 0.5) is 5.69 Å². The number of fused-ring (bicyclic) bond motifs is 1. The molecule has 1 aliphatic heterocycles. The zero-order chi connectivity index (χ0) is 22.8. The molecule has 3 amide bonds. The van der Waals surface area contributed by atoms with E-state index in [1.54, 1.807) is 36.4 Å². The number of furan rings is 1. The van der Waals surface area contributed by atoms with Crippen molar-refractivity contribution in [3.05, 3.63) is 114 Å². The van der Waals surface area contributed by atoms with Gasteiger partial charge in [-0.3, -0.25) is 19.3 Å². The SMILES string of the molecule is O=C(Nc1ccccc1Oc1ccccc1)c1ccc2c(c1)C(=O)N(Cc1ccco1)C2=O. The molecule has 1 N–H and O–H groups in total. The van der Waals surface area contributed by atoms with Gasteiger partial charge in [-0.1, -0.05) is 30.3 Å². The number of carbonyl (C=O) groups excluding carboxylic acids is 3. The van der Waals surface area contributed by atoms with Crippen LogP contribution in [0.5, 0.6) is 11.5 Å². The summed E-state index contributed by atoms with van der Waals surface area (Å²) in [5.41, 5.74) is 1.18. The van der Waals surface area contributed by atoms with E-state index in [4.69, 9.17) is 9.15 Å². The Balaban J connectivity index is 1.36. The van der Waals surface area contributed by atoms with Crippen molar-refractivity contribution >= 4 is 23.4 Å². The number of carbonyl (C=O) groups is 3. The summed E-state index contributed by atoms with van der Waals surface area (Å²) in [6.45, 7) is 0.0328. The first kappa shape index (κ1) is 20.3. The first-order valence-electron chi connectivity index (χ1n) is 10.3. The summed E-state index contributed by atoms with van der Waals surface area (Å²) in [5, 5.41) is 2.82. The summed E-state index contributed by atoms with van der Waals surface area (Å²) in [7, 11) is 0.